The molecule has 3 rings (SSSR count). The molecule has 1 fully saturated rings. The van der Waals surface area contributed by atoms with Gasteiger partial charge in [-0.25, -0.2) is 8.42 Å². The summed E-state index contributed by atoms with van der Waals surface area (Å²) in [7, 11) is -3.54. The van der Waals surface area contributed by atoms with Crippen LogP contribution in [0.4, 0.5) is 0 Å². The number of nitrogens with zero attached hydrogens (tertiary/aromatic N) is 2. The van der Waals surface area contributed by atoms with Crippen LogP contribution >= 0.6 is 27.3 Å². The van der Waals surface area contributed by atoms with Gasteiger partial charge in [-0.2, -0.15) is 4.31 Å². The summed E-state index contributed by atoms with van der Waals surface area (Å²) in [5.41, 5.74) is 0.574. The molecule has 152 valence electrons. The predicted octanol–water partition coefficient (Wildman–Crippen LogP) is 4.39. The van der Waals surface area contributed by atoms with Crippen LogP contribution in [0.1, 0.15) is 41.4 Å². The van der Waals surface area contributed by atoms with Crippen LogP contribution in [-0.4, -0.2) is 49.6 Å². The van der Waals surface area contributed by atoms with Gasteiger partial charge in [-0.1, -0.05) is 19.1 Å². The van der Waals surface area contributed by atoms with Crippen molar-refractivity contribution in [3.63, 3.8) is 0 Å². The van der Waals surface area contributed by atoms with Crippen LogP contribution in [0, 0.1) is 0 Å². The zero-order valence-electron chi connectivity index (χ0n) is 15.9. The number of benzene rings is 1. The van der Waals surface area contributed by atoms with Crippen molar-refractivity contribution in [2.75, 3.05) is 26.2 Å². The van der Waals surface area contributed by atoms with E-state index in [9.17, 15) is 13.2 Å². The molecule has 0 amide bonds. The van der Waals surface area contributed by atoms with Gasteiger partial charge in [0.05, 0.1) is 4.90 Å². The van der Waals surface area contributed by atoms with Crippen molar-refractivity contribution in [1.29, 1.82) is 0 Å². The second-order valence-electron chi connectivity index (χ2n) is 6.96. The Morgan fingerprint density at radius 3 is 2.54 bits per heavy atom. The third-order valence-corrected chi connectivity index (χ3v) is 8.44. The molecule has 0 saturated carbocycles. The minimum Gasteiger partial charge on any atom is -0.297 e. The summed E-state index contributed by atoms with van der Waals surface area (Å²) in [6.07, 6.45) is 2.07. The van der Waals surface area contributed by atoms with E-state index in [-0.39, 0.29) is 10.7 Å². The first-order valence-electron chi connectivity index (χ1n) is 9.49. The van der Waals surface area contributed by atoms with E-state index in [1.165, 1.54) is 4.88 Å². The van der Waals surface area contributed by atoms with Gasteiger partial charge in [-0.3, -0.25) is 9.69 Å². The van der Waals surface area contributed by atoms with Crippen molar-refractivity contribution in [2.45, 2.75) is 37.6 Å². The lowest BCUT2D eigenvalue weighted by Gasteiger charge is -2.21. The molecule has 2 heterocycles. The van der Waals surface area contributed by atoms with E-state index in [1.54, 1.807) is 39.9 Å². The number of halogens is 1. The second kappa shape index (κ2) is 9.63. The van der Waals surface area contributed by atoms with Crippen molar-refractivity contribution in [1.82, 2.24) is 9.21 Å². The molecular weight excluding hydrogens is 460 g/mol. The maximum Gasteiger partial charge on any atom is 0.243 e. The minimum atomic E-state index is -3.54. The van der Waals surface area contributed by atoms with Gasteiger partial charge >= 0.3 is 0 Å². The number of Topliss-reactive ketones (excluding diaryl/α,β-unsaturated/α-hetero) is 1. The van der Waals surface area contributed by atoms with Crippen LogP contribution in [0.2, 0.25) is 0 Å². The number of thiophene rings is 1. The quantitative estimate of drug-likeness (QED) is 0.546. The van der Waals surface area contributed by atoms with Crippen LogP contribution in [0.15, 0.2) is 45.1 Å². The monoisotopic (exact) mass is 484 g/mol. The minimum absolute atomic E-state index is 0.0528. The fourth-order valence-electron chi connectivity index (χ4n) is 3.34. The van der Waals surface area contributed by atoms with E-state index in [4.69, 9.17) is 0 Å². The summed E-state index contributed by atoms with van der Waals surface area (Å²) in [4.78, 5) is 15.8. The smallest absolute Gasteiger partial charge is 0.243 e. The summed E-state index contributed by atoms with van der Waals surface area (Å²) >= 11 is 5.19. The number of ketones is 1. The van der Waals surface area contributed by atoms with Gasteiger partial charge in [0.2, 0.25) is 10.0 Å². The van der Waals surface area contributed by atoms with Crippen LogP contribution in [0.3, 0.4) is 0 Å². The van der Waals surface area contributed by atoms with Gasteiger partial charge in [-0.05, 0) is 53.5 Å². The standard InChI is InChI=1S/C20H25BrN2O3S2/c1-2-4-20(24)16-5-7-19(8-6-16)28(25,26)23-10-3-9-22(11-12-23)14-18-13-17(21)15-27-18/h5-8,13,15H,2-4,9-12,14H2,1H3. The molecule has 8 heteroatoms. The summed E-state index contributed by atoms with van der Waals surface area (Å²) in [5.74, 6) is 0.0528. The second-order valence-corrected chi connectivity index (χ2v) is 10.8. The molecule has 5 nitrogen and oxygen atoms in total. The molecule has 1 aromatic carbocycles. The Hall–Kier alpha value is -1.06. The molecule has 0 unspecified atom stereocenters. The van der Waals surface area contributed by atoms with Crippen LogP contribution < -0.4 is 0 Å². The molecule has 1 saturated heterocycles. The molecule has 28 heavy (non-hydrogen) atoms. The fourth-order valence-corrected chi connectivity index (χ4v) is 6.30. The molecule has 0 atom stereocenters. The zero-order chi connectivity index (χ0) is 20.1. The Kier molecular flexibility index (Phi) is 7.44. The maximum absolute atomic E-state index is 13.0. The summed E-state index contributed by atoms with van der Waals surface area (Å²) in [5, 5.41) is 2.07. The first kappa shape index (κ1) is 21.6. The molecular formula is C20H25BrN2O3S2. The SMILES string of the molecule is CCCC(=O)c1ccc(S(=O)(=O)N2CCCN(Cc3cc(Br)cs3)CC2)cc1. The van der Waals surface area contributed by atoms with E-state index in [0.29, 0.717) is 31.6 Å². The average Bonchev–Trinajstić information content (AvgIpc) is 2.93. The number of sulfonamides is 1. The van der Waals surface area contributed by atoms with Crippen molar-refractivity contribution in [3.8, 4) is 0 Å². The summed E-state index contributed by atoms with van der Waals surface area (Å²) in [6, 6.07) is 8.49. The first-order valence-corrected chi connectivity index (χ1v) is 12.6. The molecule has 1 aliphatic heterocycles. The maximum atomic E-state index is 13.0. The van der Waals surface area contributed by atoms with Crippen molar-refractivity contribution >= 4 is 43.1 Å². The van der Waals surface area contributed by atoms with Crippen LogP contribution in [0.5, 0.6) is 0 Å². The normalized spacial score (nSPS) is 16.8. The highest BCUT2D eigenvalue weighted by Gasteiger charge is 2.27. The number of carbonyl (C=O) groups is 1. The number of rotatable bonds is 7. The Bertz CT molecular complexity index is 910. The lowest BCUT2D eigenvalue weighted by atomic mass is 10.1. The third kappa shape index (κ3) is 5.30. The van der Waals surface area contributed by atoms with Gasteiger partial charge in [-0.15, -0.1) is 11.3 Å². The molecule has 0 spiro atoms. The highest BCUT2D eigenvalue weighted by atomic mass is 79.9. The average molecular weight is 485 g/mol. The van der Waals surface area contributed by atoms with Crippen molar-refractivity contribution in [2.24, 2.45) is 0 Å². The Balaban J connectivity index is 1.66. The molecule has 0 radical (unpaired) electrons. The molecule has 1 aromatic heterocycles. The summed E-state index contributed by atoms with van der Waals surface area (Å²) in [6.45, 7) is 5.39. The Morgan fingerprint density at radius 2 is 1.89 bits per heavy atom. The van der Waals surface area contributed by atoms with E-state index in [0.717, 1.165) is 30.4 Å². The molecule has 2 aromatic rings. The third-order valence-electron chi connectivity index (χ3n) is 4.84. The van der Waals surface area contributed by atoms with Gasteiger partial charge < -0.3 is 0 Å². The van der Waals surface area contributed by atoms with Gasteiger partial charge in [0.25, 0.3) is 0 Å². The van der Waals surface area contributed by atoms with E-state index >= 15 is 0 Å². The number of hydrogen-bond acceptors (Lipinski definition) is 5. The molecule has 0 bridgehead atoms. The number of hydrogen-bond donors (Lipinski definition) is 0. The lowest BCUT2D eigenvalue weighted by Crippen LogP contribution is -2.35. The topological polar surface area (TPSA) is 57.7 Å². The van der Waals surface area contributed by atoms with Gasteiger partial charge in [0, 0.05) is 52.9 Å². The first-order chi connectivity index (χ1) is 13.4. The highest BCUT2D eigenvalue weighted by molar-refractivity contribution is 9.10. The molecule has 0 aliphatic carbocycles. The Morgan fingerprint density at radius 1 is 1.14 bits per heavy atom. The lowest BCUT2D eigenvalue weighted by molar-refractivity contribution is 0.0981. The van der Waals surface area contributed by atoms with Crippen LogP contribution in [-0.2, 0) is 16.6 Å². The van der Waals surface area contributed by atoms with Crippen molar-refractivity contribution in [3.05, 3.63) is 50.6 Å². The van der Waals surface area contributed by atoms with Crippen LogP contribution in [0.25, 0.3) is 0 Å². The molecule has 0 N–H and O–H groups in total. The fraction of sp³-hybridized carbons (Fsp3) is 0.450. The van der Waals surface area contributed by atoms with Gasteiger partial charge in [0.15, 0.2) is 5.78 Å². The van der Waals surface area contributed by atoms with E-state index < -0.39 is 10.0 Å². The van der Waals surface area contributed by atoms with E-state index in [2.05, 4.69) is 32.3 Å². The van der Waals surface area contributed by atoms with E-state index in [1.807, 2.05) is 6.92 Å². The predicted molar refractivity (Wildman–Crippen MR) is 116 cm³/mol. The largest absolute Gasteiger partial charge is 0.297 e. The van der Waals surface area contributed by atoms with Crippen molar-refractivity contribution < 1.29 is 13.2 Å². The highest BCUT2D eigenvalue weighted by Crippen LogP contribution is 2.23. The number of carbonyl (C=O) groups excluding carboxylic acids is 1. The zero-order valence-corrected chi connectivity index (χ0v) is 19.2. The summed E-state index contributed by atoms with van der Waals surface area (Å²) < 4.78 is 28.7. The van der Waals surface area contributed by atoms with Gasteiger partial charge in [0.1, 0.15) is 0 Å². The molecule has 1 aliphatic rings. The Labute approximate surface area is 179 Å².